The Bertz CT molecular complexity index is 1590. The van der Waals surface area contributed by atoms with Gasteiger partial charge in [0.1, 0.15) is 59.1 Å². The maximum Gasteiger partial charge on any atom is 0.335 e. The third-order valence-corrected chi connectivity index (χ3v) is 6.93. The SMILES string of the molecule is O=C(O)C1OC(Oc2cc(-c3oc4cc(O)cc(O)c4c(=O)c3OC3OC(CO)C(O)C3O)ccc2O)C(O)C(O)C1O. The van der Waals surface area contributed by atoms with Crippen LogP contribution in [0.4, 0.5) is 0 Å². The summed E-state index contributed by atoms with van der Waals surface area (Å²) in [7, 11) is 0. The van der Waals surface area contributed by atoms with Gasteiger partial charge in [0.2, 0.25) is 23.8 Å². The first-order valence-corrected chi connectivity index (χ1v) is 12.6. The molecule has 2 fully saturated rings. The number of rotatable bonds is 7. The van der Waals surface area contributed by atoms with Crippen LogP contribution in [0.2, 0.25) is 0 Å². The number of carbonyl (C=O) groups is 1. The number of carboxylic acids is 1. The highest BCUT2D eigenvalue weighted by molar-refractivity contribution is 5.88. The lowest BCUT2D eigenvalue weighted by molar-refractivity contribution is -0.271. The second-order valence-electron chi connectivity index (χ2n) is 9.79. The molecule has 0 spiro atoms. The van der Waals surface area contributed by atoms with Gasteiger partial charge in [-0.15, -0.1) is 0 Å². The zero-order chi connectivity index (χ0) is 31.3. The second kappa shape index (κ2) is 11.5. The largest absolute Gasteiger partial charge is 0.508 e. The number of phenols is 3. The number of aliphatic hydroxyl groups is 6. The zero-order valence-electron chi connectivity index (χ0n) is 21.6. The molecule has 2 saturated heterocycles. The molecule has 232 valence electrons. The number of benzene rings is 2. The van der Waals surface area contributed by atoms with Gasteiger partial charge in [0, 0.05) is 17.7 Å². The topological polar surface area (TPSA) is 286 Å². The van der Waals surface area contributed by atoms with Gasteiger partial charge in [-0.05, 0) is 18.2 Å². The second-order valence-corrected chi connectivity index (χ2v) is 9.79. The van der Waals surface area contributed by atoms with E-state index >= 15 is 0 Å². The van der Waals surface area contributed by atoms with Crippen LogP contribution in [-0.2, 0) is 14.3 Å². The van der Waals surface area contributed by atoms with Gasteiger partial charge in [0.25, 0.3) is 0 Å². The van der Waals surface area contributed by atoms with Crippen molar-refractivity contribution < 1.29 is 79.2 Å². The molecule has 0 aliphatic carbocycles. The molecule has 0 radical (unpaired) electrons. The number of aromatic hydroxyl groups is 3. The minimum Gasteiger partial charge on any atom is -0.508 e. The maximum atomic E-state index is 13.5. The van der Waals surface area contributed by atoms with Crippen LogP contribution in [0.1, 0.15) is 0 Å². The van der Waals surface area contributed by atoms with Gasteiger partial charge in [-0.2, -0.15) is 0 Å². The normalized spacial score (nSPS) is 30.8. The van der Waals surface area contributed by atoms with Gasteiger partial charge in [-0.3, -0.25) is 4.79 Å². The Balaban J connectivity index is 1.59. The molecule has 10 N–H and O–H groups in total. The highest BCUT2D eigenvalue weighted by Crippen LogP contribution is 2.40. The molecule has 43 heavy (non-hydrogen) atoms. The van der Waals surface area contributed by atoms with E-state index in [1.165, 1.54) is 6.07 Å². The first-order valence-electron chi connectivity index (χ1n) is 12.6. The number of hydrogen-bond acceptors (Lipinski definition) is 16. The molecule has 0 saturated carbocycles. The van der Waals surface area contributed by atoms with Crippen LogP contribution in [0.3, 0.4) is 0 Å². The highest BCUT2D eigenvalue weighted by Gasteiger charge is 2.48. The fourth-order valence-corrected chi connectivity index (χ4v) is 4.67. The number of aliphatic carboxylic acids is 1. The van der Waals surface area contributed by atoms with Crippen LogP contribution in [0, 0.1) is 0 Å². The molecule has 17 nitrogen and oxygen atoms in total. The molecule has 9 unspecified atom stereocenters. The Labute approximate surface area is 239 Å². The molecular formula is C26H26O17. The number of carboxylic acid groups (broad SMARTS) is 1. The van der Waals surface area contributed by atoms with E-state index in [1.54, 1.807) is 0 Å². The molecule has 17 heteroatoms. The summed E-state index contributed by atoms with van der Waals surface area (Å²) >= 11 is 0. The standard InChI is InChI=1S/C26H26O17/c27-6-13-15(31)19(35)25(41-13)42-22-16(32)14-10(30)4-8(28)5-12(14)39-21(22)7-1-2-9(29)11(3-7)40-26-20(36)17(33)18(34)23(43-26)24(37)38/h1-5,13,15,17-20,23,25-31,33-36H,6H2,(H,37,38). The van der Waals surface area contributed by atoms with Crippen molar-refractivity contribution in [3.8, 4) is 40.1 Å². The number of aliphatic hydroxyl groups excluding tert-OH is 6. The van der Waals surface area contributed by atoms with Crippen molar-refractivity contribution in [1.82, 2.24) is 0 Å². The monoisotopic (exact) mass is 610 g/mol. The van der Waals surface area contributed by atoms with E-state index in [2.05, 4.69) is 0 Å². The molecular weight excluding hydrogens is 584 g/mol. The number of phenolic OH excluding ortho intramolecular Hbond substituents is 3. The first kappa shape index (κ1) is 30.3. The quantitative estimate of drug-likeness (QED) is 0.134. The van der Waals surface area contributed by atoms with Crippen LogP contribution < -0.4 is 14.9 Å². The Morgan fingerprint density at radius 2 is 1.49 bits per heavy atom. The summed E-state index contributed by atoms with van der Waals surface area (Å²) in [5, 5.41) is 99.7. The van der Waals surface area contributed by atoms with E-state index in [4.69, 9.17) is 23.4 Å². The van der Waals surface area contributed by atoms with Gasteiger partial charge >= 0.3 is 5.97 Å². The van der Waals surface area contributed by atoms with Crippen molar-refractivity contribution in [2.24, 2.45) is 0 Å². The van der Waals surface area contributed by atoms with E-state index in [0.717, 1.165) is 24.3 Å². The Hall–Kier alpha value is -4.20. The summed E-state index contributed by atoms with van der Waals surface area (Å²) in [6, 6.07) is 5.09. The smallest absolute Gasteiger partial charge is 0.335 e. The minimum atomic E-state index is -2.01. The Morgan fingerprint density at radius 1 is 0.814 bits per heavy atom. The molecule has 2 aliphatic heterocycles. The van der Waals surface area contributed by atoms with Crippen LogP contribution in [0.5, 0.6) is 28.7 Å². The summed E-state index contributed by atoms with van der Waals surface area (Å²) in [5.41, 5.74) is -1.49. The van der Waals surface area contributed by atoms with Crippen molar-refractivity contribution in [2.45, 2.75) is 55.3 Å². The number of hydrogen-bond donors (Lipinski definition) is 10. The summed E-state index contributed by atoms with van der Waals surface area (Å²) in [4.78, 5) is 25.0. The third kappa shape index (κ3) is 5.39. The van der Waals surface area contributed by atoms with Gasteiger partial charge in [0.15, 0.2) is 23.4 Å². The summed E-state index contributed by atoms with van der Waals surface area (Å²) < 4.78 is 27.1. The fraction of sp³-hybridized carbons (Fsp3) is 0.385. The highest BCUT2D eigenvalue weighted by atomic mass is 16.7. The average Bonchev–Trinajstić information content (AvgIpc) is 3.22. The molecule has 3 heterocycles. The molecule has 2 aliphatic rings. The molecule has 3 aromatic rings. The van der Waals surface area contributed by atoms with Crippen molar-refractivity contribution in [1.29, 1.82) is 0 Å². The lowest BCUT2D eigenvalue weighted by Gasteiger charge is -2.38. The predicted molar refractivity (Wildman–Crippen MR) is 136 cm³/mol. The zero-order valence-corrected chi connectivity index (χ0v) is 21.6. The van der Waals surface area contributed by atoms with E-state index in [1.807, 2.05) is 0 Å². The van der Waals surface area contributed by atoms with Gasteiger partial charge in [0.05, 0.1) is 6.61 Å². The summed E-state index contributed by atoms with van der Waals surface area (Å²) in [5.74, 6) is -5.11. The van der Waals surface area contributed by atoms with Gasteiger partial charge in [-0.1, -0.05) is 0 Å². The third-order valence-electron chi connectivity index (χ3n) is 6.93. The predicted octanol–water partition coefficient (Wildman–Crippen LogP) is -2.33. The van der Waals surface area contributed by atoms with Gasteiger partial charge in [-0.25, -0.2) is 4.79 Å². The number of fused-ring (bicyclic) bond motifs is 1. The molecule has 9 atom stereocenters. The number of ether oxygens (including phenoxy) is 4. The maximum absolute atomic E-state index is 13.5. The lowest BCUT2D eigenvalue weighted by Crippen LogP contribution is -2.61. The minimum absolute atomic E-state index is 0.114. The van der Waals surface area contributed by atoms with E-state index in [0.29, 0.717) is 0 Å². The molecule has 0 bridgehead atoms. The summed E-state index contributed by atoms with van der Waals surface area (Å²) in [6.07, 6.45) is -16.3. The molecule has 0 amide bonds. The van der Waals surface area contributed by atoms with Crippen molar-refractivity contribution in [3.63, 3.8) is 0 Å². The molecule has 2 aromatic carbocycles. The van der Waals surface area contributed by atoms with Crippen molar-refractivity contribution >= 4 is 16.9 Å². The van der Waals surface area contributed by atoms with Crippen LogP contribution in [0.25, 0.3) is 22.3 Å². The van der Waals surface area contributed by atoms with E-state index in [-0.39, 0.29) is 11.1 Å². The summed E-state index contributed by atoms with van der Waals surface area (Å²) in [6.45, 7) is -0.709. The van der Waals surface area contributed by atoms with Crippen LogP contribution >= 0.6 is 0 Å². The van der Waals surface area contributed by atoms with Gasteiger partial charge < -0.3 is 74.4 Å². The Kier molecular flexibility index (Phi) is 8.07. The van der Waals surface area contributed by atoms with E-state index < -0.39 is 113 Å². The molecule has 5 rings (SSSR count). The van der Waals surface area contributed by atoms with E-state index in [9.17, 15) is 60.7 Å². The lowest BCUT2D eigenvalue weighted by atomic mass is 9.99. The average molecular weight is 610 g/mol. The first-order chi connectivity index (χ1) is 20.3. The van der Waals surface area contributed by atoms with Crippen LogP contribution in [-0.4, -0.2) is 119 Å². The molecule has 1 aromatic heterocycles. The van der Waals surface area contributed by atoms with Crippen molar-refractivity contribution in [2.75, 3.05) is 6.61 Å². The van der Waals surface area contributed by atoms with Crippen molar-refractivity contribution in [3.05, 3.63) is 40.6 Å². The fourth-order valence-electron chi connectivity index (χ4n) is 4.67. The van der Waals surface area contributed by atoms with Crippen LogP contribution in [0.15, 0.2) is 39.5 Å². The Morgan fingerprint density at radius 3 is 2.14 bits per heavy atom.